The van der Waals surface area contributed by atoms with Crippen LogP contribution in [-0.2, 0) is 9.47 Å². The number of ether oxygens (including phenoxy) is 2. The molecule has 2 aromatic carbocycles. The SMILES string of the molecule is CC1C(OC(=O)c2ccccc2)C(OC(=O)c2ccccc2)CC2C3CCC(N3)C12. The minimum absolute atomic E-state index is 0.118. The standard InChI is InChI=1S/C25H27NO4/c1-15-22-18(19-12-13-20(22)26-19)14-21(29-24(27)16-8-4-2-5-9-16)23(15)30-25(28)17-10-6-3-7-11-17/h2-11,15,18-23,26H,12-14H2,1H3. The maximum Gasteiger partial charge on any atom is 0.338 e. The van der Waals surface area contributed by atoms with Crippen molar-refractivity contribution in [2.45, 2.75) is 50.5 Å². The van der Waals surface area contributed by atoms with E-state index in [9.17, 15) is 9.59 Å². The summed E-state index contributed by atoms with van der Waals surface area (Å²) in [5.41, 5.74) is 1.04. The number of carbonyl (C=O) groups excluding carboxylic acids is 2. The molecule has 2 bridgehead atoms. The van der Waals surface area contributed by atoms with Gasteiger partial charge in [0.1, 0.15) is 12.2 Å². The van der Waals surface area contributed by atoms with Crippen LogP contribution in [0.5, 0.6) is 0 Å². The van der Waals surface area contributed by atoms with E-state index >= 15 is 0 Å². The van der Waals surface area contributed by atoms with E-state index in [4.69, 9.17) is 9.47 Å². The molecule has 7 unspecified atom stereocenters. The number of carbonyl (C=O) groups is 2. The van der Waals surface area contributed by atoms with E-state index < -0.39 is 12.2 Å². The topological polar surface area (TPSA) is 64.6 Å². The van der Waals surface area contributed by atoms with E-state index in [-0.39, 0.29) is 17.9 Å². The van der Waals surface area contributed by atoms with Gasteiger partial charge in [0.05, 0.1) is 11.1 Å². The lowest BCUT2D eigenvalue weighted by Gasteiger charge is -2.45. The number of benzene rings is 2. The second kappa shape index (κ2) is 7.88. The largest absolute Gasteiger partial charge is 0.455 e. The molecule has 7 atom stereocenters. The molecular formula is C25H27NO4. The first-order valence-corrected chi connectivity index (χ1v) is 10.9. The van der Waals surface area contributed by atoms with Crippen LogP contribution in [-0.4, -0.2) is 36.2 Å². The lowest BCUT2D eigenvalue weighted by atomic mass is 9.64. The van der Waals surface area contributed by atoms with E-state index in [0.717, 1.165) is 6.42 Å². The van der Waals surface area contributed by atoms with Gasteiger partial charge in [0.2, 0.25) is 0 Å². The fraction of sp³-hybridized carbons (Fsp3) is 0.440. The monoisotopic (exact) mass is 405 g/mol. The summed E-state index contributed by atoms with van der Waals surface area (Å²) in [4.78, 5) is 25.6. The molecule has 156 valence electrons. The molecule has 0 radical (unpaired) electrons. The van der Waals surface area contributed by atoms with Gasteiger partial charge in [-0.1, -0.05) is 43.3 Å². The molecule has 5 nitrogen and oxygen atoms in total. The van der Waals surface area contributed by atoms with Crippen molar-refractivity contribution in [3.63, 3.8) is 0 Å². The minimum Gasteiger partial charge on any atom is -0.455 e. The van der Waals surface area contributed by atoms with E-state index in [1.54, 1.807) is 24.3 Å². The first kappa shape index (κ1) is 19.3. The van der Waals surface area contributed by atoms with Crippen molar-refractivity contribution in [2.24, 2.45) is 17.8 Å². The number of nitrogens with one attached hydrogen (secondary N) is 1. The number of rotatable bonds is 4. The van der Waals surface area contributed by atoms with Crippen LogP contribution in [0.4, 0.5) is 0 Å². The summed E-state index contributed by atoms with van der Waals surface area (Å²) in [6, 6.07) is 19.0. The van der Waals surface area contributed by atoms with Crippen LogP contribution in [0, 0.1) is 17.8 Å². The summed E-state index contributed by atoms with van der Waals surface area (Å²) >= 11 is 0. The van der Waals surface area contributed by atoms with Gasteiger partial charge in [0, 0.05) is 18.0 Å². The Balaban J connectivity index is 1.40. The zero-order valence-electron chi connectivity index (χ0n) is 17.1. The van der Waals surface area contributed by atoms with E-state index in [0.29, 0.717) is 35.0 Å². The number of fused-ring (bicyclic) bond motifs is 5. The predicted octanol–water partition coefficient (Wildman–Crippen LogP) is 3.84. The van der Waals surface area contributed by atoms with Crippen molar-refractivity contribution < 1.29 is 19.1 Å². The van der Waals surface area contributed by atoms with Crippen LogP contribution in [0.2, 0.25) is 0 Å². The molecule has 5 rings (SSSR count). The molecule has 0 aromatic heterocycles. The fourth-order valence-electron chi connectivity index (χ4n) is 5.89. The third-order valence-electron chi connectivity index (χ3n) is 7.21. The zero-order valence-corrected chi connectivity index (χ0v) is 17.1. The summed E-state index contributed by atoms with van der Waals surface area (Å²) in [6.45, 7) is 2.14. The molecule has 1 saturated carbocycles. The molecule has 1 aliphatic carbocycles. The molecule has 0 spiro atoms. The van der Waals surface area contributed by atoms with Crippen molar-refractivity contribution in [3.05, 3.63) is 71.8 Å². The van der Waals surface area contributed by atoms with E-state index in [1.807, 2.05) is 36.4 Å². The molecule has 2 saturated heterocycles. The van der Waals surface area contributed by atoms with Crippen molar-refractivity contribution in [2.75, 3.05) is 0 Å². The Bertz CT molecular complexity index is 915. The third kappa shape index (κ3) is 3.41. The highest BCUT2D eigenvalue weighted by Gasteiger charge is 2.57. The Morgan fingerprint density at radius 1 is 0.833 bits per heavy atom. The van der Waals surface area contributed by atoms with Gasteiger partial charge in [-0.05, 0) is 55.4 Å². The fourth-order valence-corrected chi connectivity index (χ4v) is 5.89. The Hall–Kier alpha value is -2.66. The molecule has 5 heteroatoms. The van der Waals surface area contributed by atoms with Gasteiger partial charge in [0.25, 0.3) is 0 Å². The summed E-state index contributed by atoms with van der Waals surface area (Å²) in [5.74, 6) is 0.307. The number of esters is 2. The van der Waals surface area contributed by atoms with Crippen molar-refractivity contribution in [1.82, 2.24) is 5.32 Å². The highest BCUT2D eigenvalue weighted by atomic mass is 16.6. The number of hydrogen-bond donors (Lipinski definition) is 1. The lowest BCUT2D eigenvalue weighted by Crippen LogP contribution is -2.52. The minimum atomic E-state index is -0.451. The highest BCUT2D eigenvalue weighted by molar-refractivity contribution is 5.90. The number of hydrogen-bond acceptors (Lipinski definition) is 5. The normalized spacial score (nSPS) is 34.2. The molecule has 3 aliphatic rings. The molecule has 2 aliphatic heterocycles. The second-order valence-electron chi connectivity index (χ2n) is 8.84. The van der Waals surface area contributed by atoms with Crippen molar-refractivity contribution >= 4 is 11.9 Å². The predicted molar refractivity (Wildman–Crippen MR) is 112 cm³/mol. The highest BCUT2D eigenvalue weighted by Crippen LogP contribution is 2.50. The zero-order chi connectivity index (χ0) is 20.7. The van der Waals surface area contributed by atoms with Crippen LogP contribution < -0.4 is 5.32 Å². The van der Waals surface area contributed by atoms with Gasteiger partial charge in [-0.2, -0.15) is 0 Å². The smallest absolute Gasteiger partial charge is 0.338 e. The summed E-state index contributed by atoms with van der Waals surface area (Å²) < 4.78 is 12.0. The molecular weight excluding hydrogens is 378 g/mol. The molecule has 2 aromatic rings. The van der Waals surface area contributed by atoms with Gasteiger partial charge in [-0.15, -0.1) is 0 Å². The third-order valence-corrected chi connectivity index (χ3v) is 7.21. The summed E-state index contributed by atoms with van der Waals surface area (Å²) in [7, 11) is 0. The van der Waals surface area contributed by atoms with Crippen LogP contribution in [0.15, 0.2) is 60.7 Å². The van der Waals surface area contributed by atoms with Gasteiger partial charge in [0.15, 0.2) is 0 Å². The van der Waals surface area contributed by atoms with Gasteiger partial charge in [-0.25, -0.2) is 9.59 Å². The van der Waals surface area contributed by atoms with Crippen LogP contribution in [0.1, 0.15) is 46.9 Å². The van der Waals surface area contributed by atoms with E-state index in [2.05, 4.69) is 12.2 Å². The van der Waals surface area contributed by atoms with Gasteiger partial charge >= 0.3 is 11.9 Å². The molecule has 1 N–H and O–H groups in total. The summed E-state index contributed by atoms with van der Waals surface area (Å²) in [5, 5.41) is 3.73. The Labute approximate surface area is 176 Å². The Kier molecular flexibility index (Phi) is 5.07. The van der Waals surface area contributed by atoms with Gasteiger partial charge < -0.3 is 14.8 Å². The average Bonchev–Trinajstić information content (AvgIpc) is 3.39. The first-order valence-electron chi connectivity index (χ1n) is 10.9. The quantitative estimate of drug-likeness (QED) is 0.783. The van der Waals surface area contributed by atoms with E-state index in [1.165, 1.54) is 12.8 Å². The summed E-state index contributed by atoms with van der Waals surface area (Å²) in [6.07, 6.45) is 2.18. The Morgan fingerprint density at radius 2 is 1.40 bits per heavy atom. The first-order chi connectivity index (χ1) is 14.6. The Morgan fingerprint density at radius 3 is 2.03 bits per heavy atom. The molecule has 2 heterocycles. The molecule has 3 fully saturated rings. The molecule has 0 amide bonds. The van der Waals surface area contributed by atoms with Crippen molar-refractivity contribution in [3.8, 4) is 0 Å². The molecule has 30 heavy (non-hydrogen) atoms. The van der Waals surface area contributed by atoms with Crippen molar-refractivity contribution in [1.29, 1.82) is 0 Å². The lowest BCUT2D eigenvalue weighted by molar-refractivity contribution is -0.103. The van der Waals surface area contributed by atoms with Crippen LogP contribution in [0.3, 0.4) is 0 Å². The maximum absolute atomic E-state index is 12.8. The average molecular weight is 405 g/mol. The second-order valence-corrected chi connectivity index (χ2v) is 8.84. The van der Waals surface area contributed by atoms with Crippen LogP contribution >= 0.6 is 0 Å². The van der Waals surface area contributed by atoms with Crippen LogP contribution in [0.25, 0.3) is 0 Å². The van der Waals surface area contributed by atoms with Gasteiger partial charge in [-0.3, -0.25) is 0 Å². The maximum atomic E-state index is 12.8.